The molecule has 1 aliphatic heterocycles. The summed E-state index contributed by atoms with van der Waals surface area (Å²) < 4.78 is 10.5. The number of non-ortho nitro benzene ring substituents is 1. The van der Waals surface area contributed by atoms with Crippen LogP contribution in [0, 0.1) is 10.1 Å². The van der Waals surface area contributed by atoms with E-state index < -0.39 is 22.8 Å². The van der Waals surface area contributed by atoms with Crippen molar-refractivity contribution in [3.63, 3.8) is 0 Å². The number of nitro benzene ring substituents is 1. The summed E-state index contributed by atoms with van der Waals surface area (Å²) in [5.74, 6) is -1.93. The van der Waals surface area contributed by atoms with Crippen LogP contribution in [0.5, 0.6) is 0 Å². The van der Waals surface area contributed by atoms with Crippen LogP contribution in [0.4, 0.5) is 5.69 Å². The Bertz CT molecular complexity index is 968. The Balaban J connectivity index is 2.50. The largest absolute Gasteiger partial charge is 0.463 e. The van der Waals surface area contributed by atoms with Gasteiger partial charge in [-0.3, -0.25) is 14.9 Å². The van der Waals surface area contributed by atoms with E-state index in [0.29, 0.717) is 22.7 Å². The van der Waals surface area contributed by atoms with Crippen molar-refractivity contribution in [2.24, 2.45) is 0 Å². The predicted octanol–water partition coefficient (Wildman–Crippen LogP) is 3.22. The number of allylic oxidation sites excluding steroid dienone is 2. The molecule has 1 aromatic carbocycles. The van der Waals surface area contributed by atoms with Crippen LogP contribution in [0.3, 0.4) is 0 Å². The Kier molecular flexibility index (Phi) is 8.38. The third kappa shape index (κ3) is 5.94. The van der Waals surface area contributed by atoms with Crippen LogP contribution in [0.2, 0.25) is 0 Å². The number of esters is 2. The molecule has 1 aromatic rings. The molecule has 166 valence electrons. The van der Waals surface area contributed by atoms with E-state index >= 15 is 0 Å². The first-order valence-electron chi connectivity index (χ1n) is 9.57. The molecule has 1 aliphatic rings. The highest BCUT2D eigenvalue weighted by Crippen LogP contribution is 2.40. The molecular formula is C21H24N2O7S. The Morgan fingerprint density at radius 3 is 2.29 bits per heavy atom. The van der Waals surface area contributed by atoms with Crippen molar-refractivity contribution in [3.05, 3.63) is 62.5 Å². The molecule has 31 heavy (non-hydrogen) atoms. The van der Waals surface area contributed by atoms with Crippen LogP contribution in [0.15, 0.2) is 46.8 Å². The molecule has 1 unspecified atom stereocenters. The summed E-state index contributed by atoms with van der Waals surface area (Å²) in [7, 11) is 0. The van der Waals surface area contributed by atoms with Crippen molar-refractivity contribution in [2.45, 2.75) is 33.6 Å². The number of nitrogens with zero attached hydrogens (tertiary/aromatic N) is 1. The van der Waals surface area contributed by atoms with Crippen LogP contribution in [0.1, 0.15) is 39.2 Å². The van der Waals surface area contributed by atoms with Crippen LogP contribution in [-0.2, 0) is 23.9 Å². The monoisotopic (exact) mass is 448 g/mol. The van der Waals surface area contributed by atoms with Crippen LogP contribution < -0.4 is 5.32 Å². The number of rotatable bonds is 8. The maximum Gasteiger partial charge on any atom is 0.336 e. The first kappa shape index (κ1) is 24.1. The number of ether oxygens (including phenoxy) is 2. The molecule has 0 amide bonds. The van der Waals surface area contributed by atoms with Gasteiger partial charge in [0.1, 0.15) is 6.61 Å². The lowest BCUT2D eigenvalue weighted by atomic mass is 9.80. The predicted molar refractivity (Wildman–Crippen MR) is 115 cm³/mol. The van der Waals surface area contributed by atoms with E-state index in [4.69, 9.17) is 9.47 Å². The van der Waals surface area contributed by atoms with Gasteiger partial charge in [-0.05, 0) is 26.3 Å². The highest BCUT2D eigenvalue weighted by atomic mass is 32.2. The van der Waals surface area contributed by atoms with Gasteiger partial charge >= 0.3 is 11.9 Å². The van der Waals surface area contributed by atoms with Gasteiger partial charge in [0.25, 0.3) is 5.69 Å². The summed E-state index contributed by atoms with van der Waals surface area (Å²) in [5.41, 5.74) is 1.50. The smallest absolute Gasteiger partial charge is 0.336 e. The van der Waals surface area contributed by atoms with E-state index in [1.165, 1.54) is 25.1 Å². The molecule has 0 radical (unpaired) electrons. The van der Waals surface area contributed by atoms with Gasteiger partial charge in [0.05, 0.1) is 28.6 Å². The minimum absolute atomic E-state index is 0.00104. The Morgan fingerprint density at radius 1 is 1.13 bits per heavy atom. The van der Waals surface area contributed by atoms with Gasteiger partial charge in [-0.1, -0.05) is 23.9 Å². The second-order valence-electron chi connectivity index (χ2n) is 6.68. The Morgan fingerprint density at radius 2 is 1.74 bits per heavy atom. The highest BCUT2D eigenvalue weighted by Gasteiger charge is 2.38. The highest BCUT2D eigenvalue weighted by molar-refractivity contribution is 8.13. The maximum absolute atomic E-state index is 13.0. The quantitative estimate of drug-likeness (QED) is 0.276. The van der Waals surface area contributed by atoms with Crippen molar-refractivity contribution in [1.82, 2.24) is 5.32 Å². The van der Waals surface area contributed by atoms with Gasteiger partial charge in [0, 0.05) is 36.2 Å². The van der Waals surface area contributed by atoms with Gasteiger partial charge in [-0.15, -0.1) is 0 Å². The maximum atomic E-state index is 13.0. The van der Waals surface area contributed by atoms with E-state index in [0.717, 1.165) is 11.8 Å². The lowest BCUT2D eigenvalue weighted by Gasteiger charge is -2.30. The van der Waals surface area contributed by atoms with Gasteiger partial charge in [0.15, 0.2) is 5.12 Å². The van der Waals surface area contributed by atoms with Crippen molar-refractivity contribution in [3.8, 4) is 0 Å². The molecule has 0 aliphatic carbocycles. The molecule has 0 saturated heterocycles. The molecule has 0 aromatic heterocycles. The summed E-state index contributed by atoms with van der Waals surface area (Å²) in [6, 6.07) is 5.77. The summed E-state index contributed by atoms with van der Waals surface area (Å²) in [6.07, 6.45) is 0. The second-order valence-corrected chi connectivity index (χ2v) is 7.96. The average Bonchev–Trinajstić information content (AvgIpc) is 2.70. The van der Waals surface area contributed by atoms with E-state index in [-0.39, 0.29) is 35.2 Å². The minimum Gasteiger partial charge on any atom is -0.463 e. The number of thioether (sulfide) groups is 1. The molecule has 0 fully saturated rings. The molecule has 1 N–H and O–H groups in total. The number of carbonyl (C=O) groups is 3. The minimum atomic E-state index is -0.909. The Labute approximate surface area is 184 Å². The van der Waals surface area contributed by atoms with Gasteiger partial charge in [0.2, 0.25) is 0 Å². The lowest BCUT2D eigenvalue weighted by Crippen LogP contribution is -2.32. The fourth-order valence-corrected chi connectivity index (χ4v) is 3.75. The summed E-state index contributed by atoms with van der Waals surface area (Å²) in [4.78, 5) is 47.5. The summed E-state index contributed by atoms with van der Waals surface area (Å²) >= 11 is 1.03. The van der Waals surface area contributed by atoms with Crippen LogP contribution >= 0.6 is 11.8 Å². The third-order valence-electron chi connectivity index (χ3n) is 4.51. The molecule has 1 atom stereocenters. The van der Waals surface area contributed by atoms with Gasteiger partial charge < -0.3 is 14.8 Å². The van der Waals surface area contributed by atoms with Crippen LogP contribution in [0.25, 0.3) is 0 Å². The number of hydrogen-bond acceptors (Lipinski definition) is 9. The summed E-state index contributed by atoms with van der Waals surface area (Å²) in [5, 5.41) is 14.2. The fraction of sp³-hybridized carbons (Fsp3) is 0.381. The number of benzene rings is 1. The number of nitro groups is 1. The van der Waals surface area contributed by atoms with Crippen LogP contribution in [-0.4, -0.2) is 40.9 Å². The van der Waals surface area contributed by atoms with E-state index in [9.17, 15) is 24.5 Å². The first-order valence-corrected chi connectivity index (χ1v) is 10.6. The topological polar surface area (TPSA) is 125 Å². The molecule has 0 saturated carbocycles. The van der Waals surface area contributed by atoms with Crippen molar-refractivity contribution in [1.29, 1.82) is 0 Å². The molecule has 0 bridgehead atoms. The molecular weight excluding hydrogens is 424 g/mol. The number of nitrogens with one attached hydrogen (secondary N) is 1. The number of dihydropyridines is 1. The zero-order valence-corrected chi connectivity index (χ0v) is 18.5. The third-order valence-corrected chi connectivity index (χ3v) is 5.29. The zero-order chi connectivity index (χ0) is 23.1. The molecule has 1 heterocycles. The first-order chi connectivity index (χ1) is 14.7. The van der Waals surface area contributed by atoms with E-state index in [2.05, 4.69) is 5.32 Å². The Hall–Kier alpha value is -3.14. The zero-order valence-electron chi connectivity index (χ0n) is 17.7. The van der Waals surface area contributed by atoms with E-state index in [1.54, 1.807) is 26.8 Å². The fourth-order valence-electron chi connectivity index (χ4n) is 3.29. The molecule has 0 spiro atoms. The standard InChI is InChI=1S/C21H24N2O7S/c1-5-29-20(25)17-12(2)22-13(3)18(21(26)30-9-10-31-14(4)24)19(17)15-7-6-8-16(11-15)23(27)28/h6-8,11,19,22H,5,9-10H2,1-4H3. The van der Waals surface area contributed by atoms with Crippen molar-refractivity contribution >= 4 is 34.5 Å². The van der Waals surface area contributed by atoms with E-state index in [1.807, 2.05) is 0 Å². The molecule has 2 rings (SSSR count). The molecule has 9 nitrogen and oxygen atoms in total. The second kappa shape index (κ2) is 10.8. The van der Waals surface area contributed by atoms with Gasteiger partial charge in [-0.2, -0.15) is 0 Å². The van der Waals surface area contributed by atoms with Crippen molar-refractivity contribution in [2.75, 3.05) is 19.0 Å². The lowest BCUT2D eigenvalue weighted by molar-refractivity contribution is -0.384. The SMILES string of the molecule is CCOC(=O)C1=C(C)NC(C)=C(C(=O)OCCSC(C)=O)C1c1cccc([N+](=O)[O-])c1. The van der Waals surface area contributed by atoms with Gasteiger partial charge in [-0.25, -0.2) is 9.59 Å². The normalized spacial score (nSPS) is 15.9. The van der Waals surface area contributed by atoms with Crippen molar-refractivity contribution < 1.29 is 28.8 Å². The number of carbonyl (C=O) groups excluding carboxylic acids is 3. The summed E-state index contributed by atoms with van der Waals surface area (Å²) in [6.45, 7) is 6.54. The average molecular weight is 448 g/mol. The number of hydrogen-bond donors (Lipinski definition) is 1. The molecule has 10 heteroatoms.